The number of aliphatic imine (C=N–C) groups is 1. The van der Waals surface area contributed by atoms with Crippen molar-refractivity contribution in [3.8, 4) is 5.75 Å². The van der Waals surface area contributed by atoms with E-state index >= 15 is 0 Å². The van der Waals surface area contributed by atoms with Crippen molar-refractivity contribution in [1.29, 1.82) is 0 Å². The van der Waals surface area contributed by atoms with Crippen LogP contribution in [-0.2, 0) is 11.3 Å². The van der Waals surface area contributed by atoms with Crippen molar-refractivity contribution in [3.05, 3.63) is 29.8 Å². The van der Waals surface area contributed by atoms with Gasteiger partial charge in [0.25, 0.3) is 5.91 Å². The van der Waals surface area contributed by atoms with Gasteiger partial charge in [-0.2, -0.15) is 0 Å². The van der Waals surface area contributed by atoms with Crippen molar-refractivity contribution in [3.63, 3.8) is 0 Å². The molecule has 0 saturated carbocycles. The van der Waals surface area contributed by atoms with E-state index in [-0.39, 0.29) is 36.5 Å². The van der Waals surface area contributed by atoms with Gasteiger partial charge in [0.2, 0.25) is 0 Å². The first-order valence-corrected chi connectivity index (χ1v) is 9.44. The fraction of sp³-hybridized carbons (Fsp3) is 0.600. The normalized spacial score (nSPS) is 17.1. The van der Waals surface area contributed by atoms with Gasteiger partial charge in [-0.1, -0.05) is 19.1 Å². The summed E-state index contributed by atoms with van der Waals surface area (Å²) in [6.45, 7) is 8.01. The number of guanidine groups is 1. The van der Waals surface area contributed by atoms with Gasteiger partial charge in [-0.05, 0) is 43.4 Å². The van der Waals surface area contributed by atoms with Crippen LogP contribution in [0, 0.1) is 5.92 Å². The van der Waals surface area contributed by atoms with Crippen LogP contribution in [0.25, 0.3) is 0 Å². The molecule has 1 heterocycles. The number of nitrogens with zero attached hydrogens (tertiary/aromatic N) is 3. The third kappa shape index (κ3) is 7.94. The third-order valence-electron chi connectivity index (χ3n) is 4.46. The second-order valence-electron chi connectivity index (χ2n) is 7.09. The van der Waals surface area contributed by atoms with Gasteiger partial charge in [0.1, 0.15) is 5.75 Å². The Morgan fingerprint density at radius 3 is 2.85 bits per heavy atom. The lowest BCUT2D eigenvalue weighted by atomic mass is 10.0. The molecule has 1 amide bonds. The van der Waals surface area contributed by atoms with Crippen molar-refractivity contribution < 1.29 is 9.53 Å². The van der Waals surface area contributed by atoms with Gasteiger partial charge < -0.3 is 19.9 Å². The molecule has 6 nitrogen and oxygen atoms in total. The number of hydrogen-bond acceptors (Lipinski definition) is 3. The van der Waals surface area contributed by atoms with Crippen LogP contribution in [0.4, 0.5) is 0 Å². The molecular weight excluding hydrogens is 455 g/mol. The van der Waals surface area contributed by atoms with Gasteiger partial charge in [-0.15, -0.1) is 24.0 Å². The van der Waals surface area contributed by atoms with Gasteiger partial charge in [0.05, 0.1) is 6.54 Å². The zero-order valence-electron chi connectivity index (χ0n) is 16.9. The van der Waals surface area contributed by atoms with E-state index in [2.05, 4.69) is 24.1 Å². The van der Waals surface area contributed by atoms with Crippen molar-refractivity contribution in [2.24, 2.45) is 10.9 Å². The van der Waals surface area contributed by atoms with Crippen LogP contribution in [-0.4, -0.2) is 62.0 Å². The lowest BCUT2D eigenvalue weighted by Crippen LogP contribution is -2.46. The fourth-order valence-corrected chi connectivity index (χ4v) is 2.98. The molecule has 1 aromatic carbocycles. The van der Waals surface area contributed by atoms with Crippen LogP contribution >= 0.6 is 24.0 Å². The monoisotopic (exact) mass is 488 g/mol. The van der Waals surface area contributed by atoms with Gasteiger partial charge in [0.15, 0.2) is 12.6 Å². The highest BCUT2D eigenvalue weighted by atomic mass is 127. The number of likely N-dealkylation sites (tertiary alicyclic amines) is 1. The highest BCUT2D eigenvalue weighted by molar-refractivity contribution is 14.0. The molecule has 1 aromatic rings. The lowest BCUT2D eigenvalue weighted by molar-refractivity contribution is -0.130. The van der Waals surface area contributed by atoms with E-state index < -0.39 is 0 Å². The highest BCUT2D eigenvalue weighted by Gasteiger charge is 2.19. The van der Waals surface area contributed by atoms with E-state index in [1.54, 1.807) is 14.1 Å². The smallest absolute Gasteiger partial charge is 0.259 e. The molecular formula is C20H33IN4O2. The molecule has 0 aromatic heterocycles. The first kappa shape index (κ1) is 23.5. The number of benzene rings is 1. The first-order valence-electron chi connectivity index (χ1n) is 9.44. The number of carbonyl (C=O) groups is 1. The SMILES string of the molecule is CCNC(=NCc1cccc(OCC(=O)N(C)C)c1)N1CCCC(C)C1.I. The number of ether oxygens (including phenoxy) is 1. The summed E-state index contributed by atoms with van der Waals surface area (Å²) in [6.07, 6.45) is 2.51. The molecule has 0 radical (unpaired) electrons. The minimum absolute atomic E-state index is 0. The number of likely N-dealkylation sites (N-methyl/N-ethyl adjacent to an activating group) is 1. The maximum atomic E-state index is 11.7. The standard InChI is InChI=1S/C20H32N4O2.HI/c1-5-21-20(24-11-7-8-16(2)14-24)22-13-17-9-6-10-18(12-17)26-15-19(25)23(3)4;/h6,9-10,12,16H,5,7-8,11,13-15H2,1-4H3,(H,21,22);1H. The average Bonchev–Trinajstić information content (AvgIpc) is 2.63. The van der Waals surface area contributed by atoms with Crippen LogP contribution in [0.5, 0.6) is 5.75 Å². The molecule has 1 aliphatic rings. The summed E-state index contributed by atoms with van der Waals surface area (Å²) in [7, 11) is 3.45. The van der Waals surface area contributed by atoms with E-state index in [9.17, 15) is 4.79 Å². The van der Waals surface area contributed by atoms with Crippen LogP contribution in [0.15, 0.2) is 29.3 Å². The largest absolute Gasteiger partial charge is 0.484 e. The van der Waals surface area contributed by atoms with E-state index in [4.69, 9.17) is 9.73 Å². The third-order valence-corrected chi connectivity index (χ3v) is 4.46. The van der Waals surface area contributed by atoms with Crippen LogP contribution < -0.4 is 10.1 Å². The molecule has 2 rings (SSSR count). The second kappa shape index (κ2) is 12.0. The average molecular weight is 488 g/mol. The molecule has 1 fully saturated rings. The Morgan fingerprint density at radius 1 is 1.41 bits per heavy atom. The summed E-state index contributed by atoms with van der Waals surface area (Å²) in [4.78, 5) is 20.3. The zero-order valence-corrected chi connectivity index (χ0v) is 19.2. The Hall–Kier alpha value is -1.51. The van der Waals surface area contributed by atoms with Crippen molar-refractivity contribution in [2.45, 2.75) is 33.2 Å². The minimum atomic E-state index is -0.0536. The summed E-state index contributed by atoms with van der Waals surface area (Å²) in [5.41, 5.74) is 1.07. The molecule has 0 spiro atoms. The second-order valence-corrected chi connectivity index (χ2v) is 7.09. The van der Waals surface area contributed by atoms with Gasteiger partial charge >= 0.3 is 0 Å². The van der Waals surface area contributed by atoms with Gasteiger partial charge in [0, 0.05) is 33.7 Å². The van der Waals surface area contributed by atoms with E-state index in [0.717, 1.165) is 31.2 Å². The Morgan fingerprint density at radius 2 is 2.19 bits per heavy atom. The van der Waals surface area contributed by atoms with Crippen LogP contribution in [0.3, 0.4) is 0 Å². The number of hydrogen-bond donors (Lipinski definition) is 1. The summed E-state index contributed by atoms with van der Waals surface area (Å²) >= 11 is 0. The predicted molar refractivity (Wildman–Crippen MR) is 121 cm³/mol. The maximum absolute atomic E-state index is 11.7. The van der Waals surface area contributed by atoms with Crippen molar-refractivity contribution >= 4 is 35.8 Å². The molecule has 1 N–H and O–H groups in total. The van der Waals surface area contributed by atoms with Crippen molar-refractivity contribution in [1.82, 2.24) is 15.1 Å². The maximum Gasteiger partial charge on any atom is 0.259 e. The van der Waals surface area contributed by atoms with Gasteiger partial charge in [-0.3, -0.25) is 4.79 Å². The molecule has 0 aliphatic carbocycles. The van der Waals surface area contributed by atoms with E-state index in [1.807, 2.05) is 24.3 Å². The molecule has 1 saturated heterocycles. The van der Waals surface area contributed by atoms with Crippen molar-refractivity contribution in [2.75, 3.05) is 40.3 Å². The Balaban J connectivity index is 0.00000364. The molecule has 1 unspecified atom stereocenters. The number of carbonyl (C=O) groups excluding carboxylic acids is 1. The van der Waals surface area contributed by atoms with Crippen LogP contribution in [0.2, 0.25) is 0 Å². The first-order chi connectivity index (χ1) is 12.5. The molecule has 1 aliphatic heterocycles. The number of piperidine rings is 1. The summed E-state index contributed by atoms with van der Waals surface area (Å²) in [6, 6.07) is 7.80. The quantitative estimate of drug-likeness (QED) is 0.380. The fourth-order valence-electron chi connectivity index (χ4n) is 2.98. The summed E-state index contributed by atoms with van der Waals surface area (Å²) in [5, 5.41) is 3.40. The molecule has 1 atom stereocenters. The Kier molecular flexibility index (Phi) is 10.5. The lowest BCUT2D eigenvalue weighted by Gasteiger charge is -2.33. The number of nitrogens with one attached hydrogen (secondary N) is 1. The van der Waals surface area contributed by atoms with Crippen LogP contribution in [0.1, 0.15) is 32.3 Å². The minimum Gasteiger partial charge on any atom is -0.484 e. The Labute approximate surface area is 180 Å². The number of amides is 1. The summed E-state index contributed by atoms with van der Waals surface area (Å²) in [5.74, 6) is 2.33. The van der Waals surface area contributed by atoms with E-state index in [0.29, 0.717) is 18.2 Å². The topological polar surface area (TPSA) is 57.2 Å². The molecule has 0 bridgehead atoms. The molecule has 7 heteroatoms. The van der Waals surface area contributed by atoms with Gasteiger partial charge in [-0.25, -0.2) is 4.99 Å². The summed E-state index contributed by atoms with van der Waals surface area (Å²) < 4.78 is 5.59. The molecule has 152 valence electrons. The number of rotatable bonds is 6. The van der Waals surface area contributed by atoms with E-state index in [1.165, 1.54) is 17.7 Å². The predicted octanol–water partition coefficient (Wildman–Crippen LogP) is 2.97. The zero-order chi connectivity index (χ0) is 18.9. The Bertz CT molecular complexity index is 622. The highest BCUT2D eigenvalue weighted by Crippen LogP contribution is 2.17. The number of halogens is 1. The molecule has 27 heavy (non-hydrogen) atoms.